The van der Waals surface area contributed by atoms with E-state index < -0.39 is 11.9 Å². The van der Waals surface area contributed by atoms with Crippen molar-refractivity contribution < 1.29 is 19.1 Å². The van der Waals surface area contributed by atoms with Crippen molar-refractivity contribution in [1.82, 2.24) is 10.6 Å². The molecule has 0 unspecified atom stereocenters. The van der Waals surface area contributed by atoms with Crippen molar-refractivity contribution in [1.29, 1.82) is 0 Å². The van der Waals surface area contributed by atoms with Crippen LogP contribution in [0.1, 0.15) is 28.8 Å². The summed E-state index contributed by atoms with van der Waals surface area (Å²) in [5, 5.41) is 6.96. The molecule has 2 N–H and O–H groups in total. The number of rotatable bonds is 7. The summed E-state index contributed by atoms with van der Waals surface area (Å²) in [5.74, 6) is -1.02. The highest BCUT2D eigenvalue weighted by Crippen LogP contribution is 2.26. The fourth-order valence-corrected chi connectivity index (χ4v) is 2.97. The Morgan fingerprint density at radius 2 is 1.64 bits per heavy atom. The summed E-state index contributed by atoms with van der Waals surface area (Å²) in [6, 6.07) is 11.6. The van der Waals surface area contributed by atoms with Crippen molar-refractivity contribution >= 4 is 28.6 Å². The molecule has 28 heavy (non-hydrogen) atoms. The SMILES string of the molecule is CCOC(=O)CNC(=O)CNC(=O)c1ccc2cc(C3C=CC=C3)ccc2c1. The second-order valence-electron chi connectivity index (χ2n) is 6.38. The number of carbonyl (C=O) groups is 3. The second-order valence-corrected chi connectivity index (χ2v) is 6.38. The number of allylic oxidation sites excluding steroid dienone is 4. The van der Waals surface area contributed by atoms with Gasteiger partial charge in [0.25, 0.3) is 5.91 Å². The normalized spacial score (nSPS) is 12.9. The Balaban J connectivity index is 1.58. The zero-order valence-electron chi connectivity index (χ0n) is 15.6. The highest BCUT2D eigenvalue weighted by Gasteiger charge is 2.12. The molecule has 2 amide bonds. The number of esters is 1. The molecule has 0 saturated heterocycles. The molecule has 0 heterocycles. The molecule has 3 rings (SSSR count). The summed E-state index contributed by atoms with van der Waals surface area (Å²) in [4.78, 5) is 35.2. The van der Waals surface area contributed by atoms with Crippen LogP contribution in [0.3, 0.4) is 0 Å². The maximum atomic E-state index is 12.3. The Morgan fingerprint density at radius 1 is 0.929 bits per heavy atom. The van der Waals surface area contributed by atoms with Crippen LogP contribution in [0, 0.1) is 0 Å². The third-order valence-corrected chi connectivity index (χ3v) is 4.40. The quantitative estimate of drug-likeness (QED) is 0.725. The first kappa shape index (κ1) is 19.4. The molecule has 1 aliphatic carbocycles. The number of amides is 2. The average molecular weight is 378 g/mol. The molecular formula is C22H22N2O4. The molecule has 0 fully saturated rings. The van der Waals surface area contributed by atoms with E-state index in [9.17, 15) is 14.4 Å². The van der Waals surface area contributed by atoms with Gasteiger partial charge in [0.15, 0.2) is 0 Å². The van der Waals surface area contributed by atoms with E-state index in [0.29, 0.717) is 11.5 Å². The molecule has 6 nitrogen and oxygen atoms in total. The molecule has 0 bridgehead atoms. The number of carbonyl (C=O) groups excluding carboxylic acids is 3. The van der Waals surface area contributed by atoms with Gasteiger partial charge >= 0.3 is 5.97 Å². The summed E-state index contributed by atoms with van der Waals surface area (Å²) < 4.78 is 4.72. The first-order valence-electron chi connectivity index (χ1n) is 9.16. The van der Waals surface area contributed by atoms with Gasteiger partial charge in [-0.3, -0.25) is 14.4 Å². The van der Waals surface area contributed by atoms with Gasteiger partial charge in [-0.05, 0) is 35.4 Å². The van der Waals surface area contributed by atoms with Crippen molar-refractivity contribution in [3.8, 4) is 0 Å². The van der Waals surface area contributed by atoms with Gasteiger partial charge in [0.1, 0.15) is 6.54 Å². The van der Waals surface area contributed by atoms with E-state index in [1.807, 2.05) is 24.3 Å². The molecule has 2 aromatic rings. The lowest BCUT2D eigenvalue weighted by molar-refractivity contribution is -0.143. The molecule has 144 valence electrons. The highest BCUT2D eigenvalue weighted by molar-refractivity contribution is 6.00. The summed E-state index contributed by atoms with van der Waals surface area (Å²) in [6.45, 7) is 1.51. The first-order valence-corrected chi connectivity index (χ1v) is 9.16. The van der Waals surface area contributed by atoms with Crippen LogP contribution < -0.4 is 10.6 Å². The van der Waals surface area contributed by atoms with Crippen LogP contribution in [0.15, 0.2) is 60.7 Å². The van der Waals surface area contributed by atoms with Gasteiger partial charge in [0, 0.05) is 11.5 Å². The van der Waals surface area contributed by atoms with Crippen molar-refractivity contribution in [3.63, 3.8) is 0 Å². The summed E-state index contributed by atoms with van der Waals surface area (Å²) in [5.41, 5.74) is 1.67. The highest BCUT2D eigenvalue weighted by atomic mass is 16.5. The molecule has 0 radical (unpaired) electrons. The van der Waals surface area contributed by atoms with Crippen LogP contribution >= 0.6 is 0 Å². The third kappa shape index (κ3) is 4.85. The van der Waals surface area contributed by atoms with E-state index in [1.165, 1.54) is 5.56 Å². The first-order chi connectivity index (χ1) is 13.6. The predicted octanol–water partition coefficient (Wildman–Crippen LogP) is 2.46. The number of hydrogen-bond acceptors (Lipinski definition) is 4. The monoisotopic (exact) mass is 378 g/mol. The van der Waals surface area contributed by atoms with Crippen molar-refractivity contribution in [2.75, 3.05) is 19.7 Å². The minimum Gasteiger partial charge on any atom is -0.465 e. The average Bonchev–Trinajstić information content (AvgIpc) is 3.24. The Bertz CT molecular complexity index is 950. The van der Waals surface area contributed by atoms with E-state index in [2.05, 4.69) is 34.9 Å². The standard InChI is InChI=1S/C22H22N2O4/c1-2-28-21(26)14-23-20(25)13-24-22(27)19-10-9-17-11-16(7-8-18(17)12-19)15-5-3-4-6-15/h3-12,15H,2,13-14H2,1H3,(H,23,25)(H,24,27). The van der Waals surface area contributed by atoms with Crippen molar-refractivity contribution in [3.05, 3.63) is 71.8 Å². The minimum absolute atomic E-state index is 0.213. The summed E-state index contributed by atoms with van der Waals surface area (Å²) in [7, 11) is 0. The van der Waals surface area contributed by atoms with E-state index in [0.717, 1.165) is 10.8 Å². The third-order valence-electron chi connectivity index (χ3n) is 4.40. The maximum absolute atomic E-state index is 12.3. The van der Waals surface area contributed by atoms with Crippen LogP contribution in [-0.2, 0) is 14.3 Å². The smallest absolute Gasteiger partial charge is 0.325 e. The molecule has 0 saturated carbocycles. The van der Waals surface area contributed by atoms with E-state index in [1.54, 1.807) is 19.1 Å². The Hall–Kier alpha value is -3.41. The van der Waals surface area contributed by atoms with Crippen LogP contribution in [0.25, 0.3) is 10.8 Å². The van der Waals surface area contributed by atoms with Crippen LogP contribution in [0.5, 0.6) is 0 Å². The number of ether oxygens (including phenoxy) is 1. The maximum Gasteiger partial charge on any atom is 0.325 e. The summed E-state index contributed by atoms with van der Waals surface area (Å²) >= 11 is 0. The Kier molecular flexibility index (Phi) is 6.22. The predicted molar refractivity (Wildman–Crippen MR) is 107 cm³/mol. The van der Waals surface area contributed by atoms with Gasteiger partial charge in [-0.25, -0.2) is 0 Å². The number of benzene rings is 2. The largest absolute Gasteiger partial charge is 0.465 e. The van der Waals surface area contributed by atoms with Gasteiger partial charge in [0.2, 0.25) is 5.91 Å². The van der Waals surface area contributed by atoms with Crippen LogP contribution in [0.2, 0.25) is 0 Å². The number of fused-ring (bicyclic) bond motifs is 1. The lowest BCUT2D eigenvalue weighted by atomic mass is 9.96. The molecular weight excluding hydrogens is 356 g/mol. The molecule has 0 spiro atoms. The fourth-order valence-electron chi connectivity index (χ4n) is 2.97. The topological polar surface area (TPSA) is 84.5 Å². The second kappa shape index (κ2) is 8.99. The number of nitrogens with one attached hydrogen (secondary N) is 2. The molecule has 1 aliphatic rings. The van der Waals surface area contributed by atoms with E-state index >= 15 is 0 Å². The molecule has 2 aromatic carbocycles. The summed E-state index contributed by atoms with van der Waals surface area (Å²) in [6.07, 6.45) is 8.34. The van der Waals surface area contributed by atoms with Gasteiger partial charge in [0.05, 0.1) is 13.2 Å². The Labute approximate surface area is 163 Å². The van der Waals surface area contributed by atoms with Crippen molar-refractivity contribution in [2.24, 2.45) is 0 Å². The fraction of sp³-hybridized carbons (Fsp3) is 0.227. The van der Waals surface area contributed by atoms with Gasteiger partial charge in [-0.1, -0.05) is 48.6 Å². The lowest BCUT2D eigenvalue weighted by Gasteiger charge is -2.10. The zero-order valence-corrected chi connectivity index (χ0v) is 15.6. The molecule has 0 aromatic heterocycles. The van der Waals surface area contributed by atoms with Gasteiger partial charge in [-0.15, -0.1) is 0 Å². The van der Waals surface area contributed by atoms with Crippen LogP contribution in [-0.4, -0.2) is 37.5 Å². The van der Waals surface area contributed by atoms with Crippen LogP contribution in [0.4, 0.5) is 0 Å². The molecule has 0 aliphatic heterocycles. The Morgan fingerprint density at radius 3 is 2.39 bits per heavy atom. The van der Waals surface area contributed by atoms with E-state index in [-0.39, 0.29) is 25.6 Å². The number of hydrogen-bond donors (Lipinski definition) is 2. The zero-order chi connectivity index (χ0) is 19.9. The lowest BCUT2D eigenvalue weighted by Crippen LogP contribution is -2.39. The van der Waals surface area contributed by atoms with E-state index in [4.69, 9.17) is 4.74 Å². The molecule has 6 heteroatoms. The van der Waals surface area contributed by atoms with Crippen molar-refractivity contribution in [2.45, 2.75) is 12.8 Å². The minimum atomic E-state index is -0.514. The van der Waals surface area contributed by atoms with Gasteiger partial charge < -0.3 is 15.4 Å². The molecule has 0 atom stereocenters. The van der Waals surface area contributed by atoms with Gasteiger partial charge in [-0.2, -0.15) is 0 Å².